The van der Waals surface area contributed by atoms with Crippen molar-refractivity contribution in [3.8, 4) is 0 Å². The summed E-state index contributed by atoms with van der Waals surface area (Å²) >= 11 is 0. The van der Waals surface area contributed by atoms with Crippen LogP contribution >= 0.6 is 0 Å². The van der Waals surface area contributed by atoms with Crippen molar-refractivity contribution in [2.24, 2.45) is 0 Å². The summed E-state index contributed by atoms with van der Waals surface area (Å²) in [5.74, 6) is -0.219. The van der Waals surface area contributed by atoms with Gasteiger partial charge in [-0.3, -0.25) is 19.5 Å². The largest absolute Gasteiger partial charge is 0.385 e. The molecule has 1 aromatic carbocycles. The predicted molar refractivity (Wildman–Crippen MR) is 99.1 cm³/mol. The second-order valence-electron chi connectivity index (χ2n) is 6.36. The van der Waals surface area contributed by atoms with Crippen molar-refractivity contribution in [1.29, 1.82) is 0 Å². The quantitative estimate of drug-likeness (QED) is 0.777. The third kappa shape index (κ3) is 3.75. The monoisotopic (exact) mass is 353 g/mol. The number of carbonyl (C=O) groups is 2. The Bertz CT molecular complexity index is 789. The SMILES string of the molecule is COCCCNC(=O)C[C@@H]1c2ncccc2C(=O)N1c1ccc(C)cc1. The molecule has 0 unspecified atom stereocenters. The predicted octanol–water partition coefficient (Wildman–Crippen LogP) is 2.63. The number of rotatable bonds is 7. The molecule has 0 bridgehead atoms. The van der Waals surface area contributed by atoms with E-state index in [4.69, 9.17) is 4.74 Å². The lowest BCUT2D eigenvalue weighted by Gasteiger charge is -2.24. The van der Waals surface area contributed by atoms with E-state index < -0.39 is 6.04 Å². The van der Waals surface area contributed by atoms with Gasteiger partial charge in [0.05, 0.1) is 23.7 Å². The average molecular weight is 353 g/mol. The first kappa shape index (κ1) is 18.1. The molecule has 0 spiro atoms. The van der Waals surface area contributed by atoms with Gasteiger partial charge >= 0.3 is 0 Å². The smallest absolute Gasteiger partial charge is 0.260 e. The van der Waals surface area contributed by atoms with Crippen molar-refractivity contribution in [1.82, 2.24) is 10.3 Å². The fourth-order valence-corrected chi connectivity index (χ4v) is 3.14. The molecular formula is C20H23N3O3. The fraction of sp³-hybridized carbons (Fsp3) is 0.350. The first-order valence-electron chi connectivity index (χ1n) is 8.72. The molecule has 0 saturated carbocycles. The summed E-state index contributed by atoms with van der Waals surface area (Å²) in [5, 5.41) is 2.89. The lowest BCUT2D eigenvalue weighted by atomic mass is 10.1. The number of nitrogens with one attached hydrogen (secondary N) is 1. The zero-order valence-electron chi connectivity index (χ0n) is 15.1. The first-order valence-corrected chi connectivity index (χ1v) is 8.72. The molecule has 1 N–H and O–H groups in total. The van der Waals surface area contributed by atoms with Gasteiger partial charge in [-0.2, -0.15) is 0 Å². The Labute approximate surface area is 153 Å². The number of ether oxygens (including phenoxy) is 1. The van der Waals surface area contributed by atoms with Crippen LogP contribution in [0.5, 0.6) is 0 Å². The maximum Gasteiger partial charge on any atom is 0.260 e. The van der Waals surface area contributed by atoms with Gasteiger partial charge in [-0.1, -0.05) is 17.7 Å². The minimum absolute atomic E-state index is 0.102. The lowest BCUT2D eigenvalue weighted by Crippen LogP contribution is -2.33. The van der Waals surface area contributed by atoms with Gasteiger partial charge in [0.25, 0.3) is 5.91 Å². The van der Waals surface area contributed by atoms with Crippen LogP contribution < -0.4 is 10.2 Å². The second-order valence-corrected chi connectivity index (χ2v) is 6.36. The number of fused-ring (bicyclic) bond motifs is 1. The molecule has 1 aliphatic rings. The zero-order valence-corrected chi connectivity index (χ0v) is 15.1. The van der Waals surface area contributed by atoms with Crippen LogP contribution in [0.15, 0.2) is 42.6 Å². The molecule has 1 atom stereocenters. The molecule has 0 radical (unpaired) electrons. The Hall–Kier alpha value is -2.73. The van der Waals surface area contributed by atoms with Crippen LogP contribution in [0.25, 0.3) is 0 Å². The highest BCUT2D eigenvalue weighted by Gasteiger charge is 2.39. The van der Waals surface area contributed by atoms with Gasteiger partial charge in [0.1, 0.15) is 0 Å². The molecular weight excluding hydrogens is 330 g/mol. The Morgan fingerprint density at radius 3 is 2.77 bits per heavy atom. The fourth-order valence-electron chi connectivity index (χ4n) is 3.14. The van der Waals surface area contributed by atoms with E-state index in [9.17, 15) is 9.59 Å². The van der Waals surface area contributed by atoms with Crippen molar-refractivity contribution < 1.29 is 14.3 Å². The number of carbonyl (C=O) groups excluding carboxylic acids is 2. The van der Waals surface area contributed by atoms with Crippen molar-refractivity contribution in [3.63, 3.8) is 0 Å². The number of aromatic nitrogens is 1. The van der Waals surface area contributed by atoms with Gasteiger partial charge in [-0.05, 0) is 37.6 Å². The van der Waals surface area contributed by atoms with Crippen LogP contribution in [-0.2, 0) is 9.53 Å². The maximum atomic E-state index is 12.9. The number of hydrogen-bond donors (Lipinski definition) is 1. The van der Waals surface area contributed by atoms with E-state index in [0.29, 0.717) is 24.4 Å². The first-order chi connectivity index (χ1) is 12.6. The number of nitrogens with zero attached hydrogens (tertiary/aromatic N) is 2. The number of hydrogen-bond acceptors (Lipinski definition) is 4. The van der Waals surface area contributed by atoms with E-state index in [0.717, 1.165) is 17.7 Å². The van der Waals surface area contributed by atoms with E-state index in [1.165, 1.54) is 0 Å². The summed E-state index contributed by atoms with van der Waals surface area (Å²) in [4.78, 5) is 31.4. The third-order valence-electron chi connectivity index (χ3n) is 4.45. The minimum Gasteiger partial charge on any atom is -0.385 e. The molecule has 1 aliphatic heterocycles. The summed E-state index contributed by atoms with van der Waals surface area (Å²) in [5.41, 5.74) is 3.11. The molecule has 0 saturated heterocycles. The number of benzene rings is 1. The third-order valence-corrected chi connectivity index (χ3v) is 4.45. The Morgan fingerprint density at radius 2 is 2.04 bits per heavy atom. The normalized spacial score (nSPS) is 15.8. The van der Waals surface area contributed by atoms with E-state index in [2.05, 4.69) is 10.3 Å². The number of amides is 2. The van der Waals surface area contributed by atoms with E-state index in [-0.39, 0.29) is 18.2 Å². The molecule has 2 amide bonds. The van der Waals surface area contributed by atoms with Gasteiger partial charge in [-0.25, -0.2) is 0 Å². The summed E-state index contributed by atoms with van der Waals surface area (Å²) in [6, 6.07) is 10.8. The maximum absolute atomic E-state index is 12.9. The molecule has 2 aromatic rings. The van der Waals surface area contributed by atoms with Crippen molar-refractivity contribution in [2.75, 3.05) is 25.2 Å². The van der Waals surface area contributed by atoms with Crippen LogP contribution in [0.3, 0.4) is 0 Å². The van der Waals surface area contributed by atoms with Gasteiger partial charge in [0.2, 0.25) is 5.91 Å². The van der Waals surface area contributed by atoms with E-state index in [1.807, 2.05) is 31.2 Å². The lowest BCUT2D eigenvalue weighted by molar-refractivity contribution is -0.121. The molecule has 26 heavy (non-hydrogen) atoms. The van der Waals surface area contributed by atoms with Crippen LogP contribution in [-0.4, -0.2) is 37.1 Å². The van der Waals surface area contributed by atoms with Gasteiger partial charge in [-0.15, -0.1) is 0 Å². The summed E-state index contributed by atoms with van der Waals surface area (Å²) < 4.78 is 4.99. The Balaban J connectivity index is 1.82. The van der Waals surface area contributed by atoms with Gasteiger partial charge in [0.15, 0.2) is 0 Å². The number of anilines is 1. The highest BCUT2D eigenvalue weighted by molar-refractivity contribution is 6.11. The summed E-state index contributed by atoms with van der Waals surface area (Å²) in [7, 11) is 1.63. The Kier molecular flexibility index (Phi) is 5.63. The Morgan fingerprint density at radius 1 is 1.27 bits per heavy atom. The molecule has 136 valence electrons. The number of methoxy groups -OCH3 is 1. The van der Waals surface area contributed by atoms with Crippen LogP contribution in [0.4, 0.5) is 5.69 Å². The molecule has 3 rings (SSSR count). The van der Waals surface area contributed by atoms with E-state index in [1.54, 1.807) is 30.3 Å². The van der Waals surface area contributed by atoms with Gasteiger partial charge in [0, 0.05) is 32.1 Å². The van der Waals surface area contributed by atoms with Crippen molar-refractivity contribution >= 4 is 17.5 Å². The molecule has 2 heterocycles. The molecule has 6 nitrogen and oxygen atoms in total. The highest BCUT2D eigenvalue weighted by Crippen LogP contribution is 2.38. The number of aryl methyl sites for hydroxylation is 1. The van der Waals surface area contributed by atoms with Crippen LogP contribution in [0, 0.1) is 6.92 Å². The van der Waals surface area contributed by atoms with Crippen molar-refractivity contribution in [3.05, 3.63) is 59.4 Å². The van der Waals surface area contributed by atoms with Crippen LogP contribution in [0.1, 0.15) is 40.5 Å². The van der Waals surface area contributed by atoms with Crippen molar-refractivity contribution in [2.45, 2.75) is 25.8 Å². The standard InChI is InChI=1S/C20H23N3O3/c1-14-6-8-15(9-7-14)23-17(13-18(24)21-11-4-12-26-2)19-16(20(23)25)5-3-10-22-19/h3,5-10,17H,4,11-13H2,1-2H3,(H,21,24)/t17-/m1/s1. The zero-order chi connectivity index (χ0) is 18.5. The summed E-state index contributed by atoms with van der Waals surface area (Å²) in [6.45, 7) is 3.14. The highest BCUT2D eigenvalue weighted by atomic mass is 16.5. The molecule has 6 heteroatoms. The van der Waals surface area contributed by atoms with E-state index >= 15 is 0 Å². The molecule has 1 aromatic heterocycles. The van der Waals surface area contributed by atoms with Crippen LogP contribution in [0.2, 0.25) is 0 Å². The molecule has 0 fully saturated rings. The van der Waals surface area contributed by atoms with Gasteiger partial charge < -0.3 is 10.1 Å². The number of pyridine rings is 1. The second kappa shape index (κ2) is 8.10. The average Bonchev–Trinajstić information content (AvgIpc) is 2.92. The molecule has 0 aliphatic carbocycles. The topological polar surface area (TPSA) is 71.5 Å². The summed E-state index contributed by atoms with van der Waals surface area (Å²) in [6.07, 6.45) is 2.59. The minimum atomic E-state index is -0.399.